The van der Waals surface area contributed by atoms with Crippen molar-refractivity contribution in [3.63, 3.8) is 0 Å². The molecule has 0 bridgehead atoms. The third-order valence-electron chi connectivity index (χ3n) is 4.26. The van der Waals surface area contributed by atoms with Crippen molar-refractivity contribution in [3.8, 4) is 11.9 Å². The van der Waals surface area contributed by atoms with Gasteiger partial charge < -0.3 is 15.4 Å². The summed E-state index contributed by atoms with van der Waals surface area (Å²) in [6, 6.07) is 10.4. The van der Waals surface area contributed by atoms with Gasteiger partial charge in [-0.3, -0.25) is 5.10 Å². The molecule has 2 heterocycles. The molecule has 6 heteroatoms. The Kier molecular flexibility index (Phi) is 4.17. The summed E-state index contributed by atoms with van der Waals surface area (Å²) in [5, 5.41) is 16.9. The van der Waals surface area contributed by atoms with E-state index in [1.807, 2.05) is 43.3 Å². The molecule has 6 nitrogen and oxygen atoms in total. The lowest BCUT2D eigenvalue weighted by atomic mass is 9.83. The van der Waals surface area contributed by atoms with Gasteiger partial charge in [0.25, 0.3) is 0 Å². The van der Waals surface area contributed by atoms with Crippen molar-refractivity contribution >= 4 is 5.69 Å². The fourth-order valence-corrected chi connectivity index (χ4v) is 3.05. The lowest BCUT2D eigenvalue weighted by Gasteiger charge is -2.24. The van der Waals surface area contributed by atoms with E-state index >= 15 is 0 Å². The highest BCUT2D eigenvalue weighted by molar-refractivity contribution is 5.57. The number of nitrogens with zero attached hydrogens (tertiary/aromatic N) is 3. The van der Waals surface area contributed by atoms with E-state index in [-0.39, 0.29) is 11.8 Å². The largest absolute Gasteiger partial charge is 0.420 e. The summed E-state index contributed by atoms with van der Waals surface area (Å²) < 4.78 is 5.56. The fraction of sp³-hybridized carbons (Fsp3) is 0.333. The number of nitriles is 1. The molecule has 1 aromatic heterocycles. The van der Waals surface area contributed by atoms with E-state index in [1.54, 1.807) is 0 Å². The first-order valence-corrected chi connectivity index (χ1v) is 7.98. The molecule has 0 amide bonds. The van der Waals surface area contributed by atoms with Crippen molar-refractivity contribution in [2.75, 3.05) is 19.0 Å². The van der Waals surface area contributed by atoms with Crippen LogP contribution in [0, 0.1) is 11.3 Å². The molecular formula is C18H21N5O. The Morgan fingerprint density at radius 1 is 1.33 bits per heavy atom. The first-order valence-electron chi connectivity index (χ1n) is 7.98. The zero-order valence-corrected chi connectivity index (χ0v) is 14.1. The number of benzene rings is 1. The number of nitrogens with two attached hydrogens (primary N) is 1. The number of hydrogen-bond acceptors (Lipinski definition) is 5. The van der Waals surface area contributed by atoms with Crippen LogP contribution in [0.5, 0.6) is 5.88 Å². The molecule has 2 aromatic rings. The summed E-state index contributed by atoms with van der Waals surface area (Å²) in [4.78, 5) is 2.04. The average molecular weight is 323 g/mol. The standard InChI is InChI=1S/C18H21N5O/c1-4-5-14-16-15(11-6-8-12(9-7-11)23(2)3)13(10-19)17(20)24-18(16)22-21-14/h6-9,15H,4-5,20H2,1-3H3,(H,21,22)/t15-/m0/s1. The van der Waals surface area contributed by atoms with Gasteiger partial charge in [0.05, 0.1) is 5.92 Å². The summed E-state index contributed by atoms with van der Waals surface area (Å²) in [5.74, 6) is 0.341. The van der Waals surface area contributed by atoms with Gasteiger partial charge in [-0.05, 0) is 24.1 Å². The van der Waals surface area contributed by atoms with Crippen LogP contribution < -0.4 is 15.4 Å². The number of aryl methyl sites for hydroxylation is 1. The van der Waals surface area contributed by atoms with Gasteiger partial charge >= 0.3 is 0 Å². The molecule has 0 fully saturated rings. The molecule has 0 unspecified atom stereocenters. The van der Waals surface area contributed by atoms with Crippen LogP contribution in [0.25, 0.3) is 0 Å². The van der Waals surface area contributed by atoms with E-state index in [9.17, 15) is 5.26 Å². The molecule has 0 aliphatic carbocycles. The highest BCUT2D eigenvalue weighted by Gasteiger charge is 2.34. The Labute approximate surface area is 141 Å². The number of nitrogens with one attached hydrogen (secondary N) is 1. The minimum atomic E-state index is -0.254. The predicted octanol–water partition coefficient (Wildman–Crippen LogP) is 2.65. The Bertz CT molecular complexity index is 811. The second-order valence-corrected chi connectivity index (χ2v) is 6.08. The Hall–Kier alpha value is -2.94. The van der Waals surface area contributed by atoms with Crippen LogP contribution in [0.4, 0.5) is 5.69 Å². The maximum Gasteiger partial charge on any atom is 0.244 e. The number of ether oxygens (including phenoxy) is 1. The molecule has 1 atom stereocenters. The molecule has 0 saturated heterocycles. The molecule has 24 heavy (non-hydrogen) atoms. The molecule has 1 aliphatic rings. The zero-order chi connectivity index (χ0) is 17.3. The minimum absolute atomic E-state index is 0.126. The number of anilines is 1. The van der Waals surface area contributed by atoms with Gasteiger partial charge in [0.15, 0.2) is 0 Å². The second kappa shape index (κ2) is 6.28. The molecule has 3 N–H and O–H groups in total. The number of hydrogen-bond donors (Lipinski definition) is 2. The third-order valence-corrected chi connectivity index (χ3v) is 4.26. The van der Waals surface area contributed by atoms with Crippen LogP contribution in [-0.2, 0) is 6.42 Å². The van der Waals surface area contributed by atoms with Gasteiger partial charge in [0.1, 0.15) is 11.6 Å². The summed E-state index contributed by atoms with van der Waals surface area (Å²) in [7, 11) is 3.99. The zero-order valence-electron chi connectivity index (χ0n) is 14.1. The van der Waals surface area contributed by atoms with E-state index in [2.05, 4.69) is 23.2 Å². The highest BCUT2D eigenvalue weighted by Crippen LogP contribution is 2.43. The number of aromatic amines is 1. The highest BCUT2D eigenvalue weighted by atomic mass is 16.5. The van der Waals surface area contributed by atoms with Gasteiger partial charge in [0, 0.05) is 31.0 Å². The molecule has 1 aromatic carbocycles. The molecule has 1 aliphatic heterocycles. The topological polar surface area (TPSA) is 91.0 Å². The SMILES string of the molecule is CCCc1[nH]nc2c1[C@@H](c1ccc(N(C)C)cc1)C(C#N)=C(N)O2. The summed E-state index contributed by atoms with van der Waals surface area (Å²) in [5.41, 5.74) is 10.4. The maximum atomic E-state index is 9.61. The average Bonchev–Trinajstić information content (AvgIpc) is 2.96. The molecular weight excluding hydrogens is 302 g/mol. The van der Waals surface area contributed by atoms with Crippen molar-refractivity contribution in [1.29, 1.82) is 5.26 Å². The summed E-state index contributed by atoms with van der Waals surface area (Å²) in [6.07, 6.45) is 1.82. The number of allylic oxidation sites excluding steroid dienone is 1. The van der Waals surface area contributed by atoms with Crippen LogP contribution in [-0.4, -0.2) is 24.3 Å². The smallest absolute Gasteiger partial charge is 0.244 e. The number of fused-ring (bicyclic) bond motifs is 1. The van der Waals surface area contributed by atoms with Gasteiger partial charge in [-0.1, -0.05) is 25.5 Å². The first kappa shape index (κ1) is 15.9. The van der Waals surface area contributed by atoms with Crippen molar-refractivity contribution in [1.82, 2.24) is 10.2 Å². The second-order valence-electron chi connectivity index (χ2n) is 6.08. The maximum absolute atomic E-state index is 9.61. The number of aromatic nitrogens is 2. The predicted molar refractivity (Wildman–Crippen MR) is 92.6 cm³/mol. The van der Waals surface area contributed by atoms with E-state index in [1.165, 1.54) is 0 Å². The lowest BCUT2D eigenvalue weighted by Crippen LogP contribution is -2.21. The van der Waals surface area contributed by atoms with E-state index in [0.717, 1.165) is 35.3 Å². The van der Waals surface area contributed by atoms with Crippen molar-refractivity contribution in [2.45, 2.75) is 25.7 Å². The van der Waals surface area contributed by atoms with Crippen LogP contribution >= 0.6 is 0 Å². The Morgan fingerprint density at radius 3 is 2.62 bits per heavy atom. The lowest BCUT2D eigenvalue weighted by molar-refractivity contribution is 0.378. The van der Waals surface area contributed by atoms with Gasteiger partial charge in [0.2, 0.25) is 11.8 Å². The van der Waals surface area contributed by atoms with Crippen molar-refractivity contribution in [3.05, 3.63) is 52.5 Å². The van der Waals surface area contributed by atoms with E-state index in [4.69, 9.17) is 10.5 Å². The van der Waals surface area contributed by atoms with Crippen molar-refractivity contribution in [2.24, 2.45) is 5.73 Å². The quantitative estimate of drug-likeness (QED) is 0.902. The van der Waals surface area contributed by atoms with Gasteiger partial charge in [-0.25, -0.2) is 0 Å². The fourth-order valence-electron chi connectivity index (χ4n) is 3.05. The van der Waals surface area contributed by atoms with Crippen LogP contribution in [0.1, 0.15) is 36.1 Å². The summed E-state index contributed by atoms with van der Waals surface area (Å²) >= 11 is 0. The monoisotopic (exact) mass is 323 g/mol. The van der Waals surface area contributed by atoms with Crippen LogP contribution in [0.15, 0.2) is 35.7 Å². The first-order chi connectivity index (χ1) is 11.6. The van der Waals surface area contributed by atoms with Gasteiger partial charge in [-0.15, -0.1) is 5.10 Å². The molecule has 0 radical (unpaired) electrons. The molecule has 0 spiro atoms. The third kappa shape index (κ3) is 2.58. The number of H-pyrrole nitrogens is 1. The van der Waals surface area contributed by atoms with E-state index in [0.29, 0.717) is 11.5 Å². The van der Waals surface area contributed by atoms with Crippen LogP contribution in [0.2, 0.25) is 0 Å². The van der Waals surface area contributed by atoms with Crippen LogP contribution in [0.3, 0.4) is 0 Å². The Morgan fingerprint density at radius 2 is 2.04 bits per heavy atom. The minimum Gasteiger partial charge on any atom is -0.420 e. The van der Waals surface area contributed by atoms with Crippen molar-refractivity contribution < 1.29 is 4.74 Å². The molecule has 3 rings (SSSR count). The molecule has 0 saturated carbocycles. The van der Waals surface area contributed by atoms with Gasteiger partial charge in [-0.2, -0.15) is 5.26 Å². The number of rotatable bonds is 4. The Balaban J connectivity index is 2.13. The normalized spacial score (nSPS) is 16.3. The van der Waals surface area contributed by atoms with E-state index < -0.39 is 0 Å². The summed E-state index contributed by atoms with van der Waals surface area (Å²) in [6.45, 7) is 2.10. The molecule has 124 valence electrons.